The van der Waals surface area contributed by atoms with Crippen LogP contribution in [0.2, 0.25) is 0 Å². The molecule has 0 fully saturated rings. The Kier molecular flexibility index (Phi) is 5.36. The van der Waals surface area contributed by atoms with Gasteiger partial charge in [-0.25, -0.2) is 0 Å². The smallest absolute Gasteiger partial charge is 0.251 e. The van der Waals surface area contributed by atoms with Crippen molar-refractivity contribution < 1.29 is 18.7 Å². The van der Waals surface area contributed by atoms with Crippen LogP contribution in [0.3, 0.4) is 0 Å². The first-order valence-corrected chi connectivity index (χ1v) is 8.24. The molecule has 0 bridgehead atoms. The van der Waals surface area contributed by atoms with Gasteiger partial charge in [0.2, 0.25) is 0 Å². The Morgan fingerprint density at radius 2 is 1.96 bits per heavy atom. The summed E-state index contributed by atoms with van der Waals surface area (Å²) in [5, 5.41) is 12.3. The van der Waals surface area contributed by atoms with Crippen LogP contribution in [0.1, 0.15) is 21.9 Å². The molecule has 0 aliphatic heterocycles. The number of furan rings is 2. The van der Waals surface area contributed by atoms with Crippen molar-refractivity contribution in [3.8, 4) is 11.3 Å². The van der Waals surface area contributed by atoms with E-state index in [0.29, 0.717) is 18.5 Å². The fraction of sp³-hybridized carbons (Fsp3) is 0.250. The predicted molar refractivity (Wildman–Crippen MR) is 94.2 cm³/mol. The fourth-order valence-electron chi connectivity index (χ4n) is 2.63. The van der Waals surface area contributed by atoms with Gasteiger partial charge in [-0.2, -0.15) is 0 Å². The van der Waals surface area contributed by atoms with Crippen molar-refractivity contribution in [2.75, 3.05) is 13.2 Å². The monoisotopic (exact) mass is 339 g/mol. The minimum absolute atomic E-state index is 0.0161. The summed E-state index contributed by atoms with van der Waals surface area (Å²) in [6, 6.07) is 14.7. The van der Waals surface area contributed by atoms with E-state index in [2.05, 4.69) is 5.32 Å². The third kappa shape index (κ3) is 4.39. The zero-order chi connectivity index (χ0) is 17.6. The molecule has 2 N–H and O–H groups in total. The molecule has 130 valence electrons. The van der Waals surface area contributed by atoms with Gasteiger partial charge < -0.3 is 19.3 Å². The van der Waals surface area contributed by atoms with Crippen molar-refractivity contribution in [3.05, 3.63) is 71.9 Å². The molecule has 0 spiro atoms. The molecule has 25 heavy (non-hydrogen) atoms. The van der Waals surface area contributed by atoms with Crippen molar-refractivity contribution in [2.45, 2.75) is 13.3 Å². The number of amides is 1. The summed E-state index contributed by atoms with van der Waals surface area (Å²) in [4.78, 5) is 12.3. The maximum atomic E-state index is 12.3. The Balaban J connectivity index is 1.57. The van der Waals surface area contributed by atoms with Gasteiger partial charge in [0.05, 0.1) is 6.26 Å². The molecule has 2 aromatic heterocycles. The van der Waals surface area contributed by atoms with Crippen molar-refractivity contribution in [3.63, 3.8) is 0 Å². The molecule has 1 unspecified atom stereocenters. The van der Waals surface area contributed by atoms with E-state index >= 15 is 0 Å². The molecular weight excluding hydrogens is 318 g/mol. The number of aryl methyl sites for hydroxylation is 1. The second kappa shape index (κ2) is 7.85. The number of aliphatic hydroxyl groups is 1. The fourth-order valence-corrected chi connectivity index (χ4v) is 2.63. The van der Waals surface area contributed by atoms with Crippen LogP contribution in [-0.2, 0) is 6.42 Å². The highest BCUT2D eigenvalue weighted by Gasteiger charge is 2.13. The number of hydrogen-bond donors (Lipinski definition) is 2. The lowest BCUT2D eigenvalue weighted by Gasteiger charge is -2.14. The number of aliphatic hydroxyl groups excluding tert-OH is 1. The number of carbonyl (C=O) groups excluding carboxylic acids is 1. The summed E-state index contributed by atoms with van der Waals surface area (Å²) in [5.41, 5.74) is 1.50. The first-order valence-electron chi connectivity index (χ1n) is 8.24. The zero-order valence-corrected chi connectivity index (χ0v) is 14.1. The second-order valence-electron chi connectivity index (χ2n) is 6.03. The molecular formula is C20H21NO4. The van der Waals surface area contributed by atoms with E-state index in [0.717, 1.165) is 22.8 Å². The van der Waals surface area contributed by atoms with E-state index in [-0.39, 0.29) is 18.4 Å². The highest BCUT2D eigenvalue weighted by molar-refractivity contribution is 5.94. The summed E-state index contributed by atoms with van der Waals surface area (Å²) in [7, 11) is 0. The predicted octanol–water partition coefficient (Wildman–Crippen LogP) is 3.43. The van der Waals surface area contributed by atoms with Crippen molar-refractivity contribution in [1.82, 2.24) is 5.32 Å². The van der Waals surface area contributed by atoms with Crippen LogP contribution in [0.4, 0.5) is 0 Å². The molecule has 2 heterocycles. The molecule has 0 aliphatic carbocycles. The summed E-state index contributed by atoms with van der Waals surface area (Å²) >= 11 is 0. The number of hydrogen-bond acceptors (Lipinski definition) is 4. The van der Waals surface area contributed by atoms with E-state index in [1.165, 1.54) is 0 Å². The maximum Gasteiger partial charge on any atom is 0.251 e. The van der Waals surface area contributed by atoms with Crippen LogP contribution in [0.15, 0.2) is 63.6 Å². The number of benzene rings is 1. The standard InChI is InChI=1S/C20H21NO4/c1-14-4-9-19(25-14)16-5-7-17(8-6-16)20(23)21-12-15(13-22)11-18-3-2-10-24-18/h2-10,15,22H,11-13H2,1H3,(H,21,23). The van der Waals surface area contributed by atoms with Gasteiger partial charge in [0.25, 0.3) is 5.91 Å². The molecule has 5 heteroatoms. The van der Waals surface area contributed by atoms with E-state index in [9.17, 15) is 9.90 Å². The van der Waals surface area contributed by atoms with Crippen LogP contribution >= 0.6 is 0 Å². The van der Waals surface area contributed by atoms with E-state index in [1.54, 1.807) is 18.4 Å². The van der Waals surface area contributed by atoms with Gasteiger partial charge in [0.1, 0.15) is 17.3 Å². The van der Waals surface area contributed by atoms with Crippen LogP contribution < -0.4 is 5.32 Å². The largest absolute Gasteiger partial charge is 0.469 e. The summed E-state index contributed by atoms with van der Waals surface area (Å²) < 4.78 is 10.9. The van der Waals surface area contributed by atoms with Crippen LogP contribution in [0.25, 0.3) is 11.3 Å². The average Bonchev–Trinajstić information content (AvgIpc) is 3.30. The molecule has 0 radical (unpaired) electrons. The van der Waals surface area contributed by atoms with E-state index in [4.69, 9.17) is 8.83 Å². The highest BCUT2D eigenvalue weighted by atomic mass is 16.3. The SMILES string of the molecule is Cc1ccc(-c2ccc(C(=O)NCC(CO)Cc3ccco3)cc2)o1. The molecule has 0 saturated carbocycles. The molecule has 3 aromatic rings. The summed E-state index contributed by atoms with van der Waals surface area (Å²) in [6.45, 7) is 2.26. The van der Waals surface area contributed by atoms with Gasteiger partial charge >= 0.3 is 0 Å². The lowest BCUT2D eigenvalue weighted by atomic mass is 10.0. The maximum absolute atomic E-state index is 12.3. The zero-order valence-electron chi connectivity index (χ0n) is 14.1. The first-order chi connectivity index (χ1) is 12.2. The molecule has 1 aromatic carbocycles. The second-order valence-corrected chi connectivity index (χ2v) is 6.03. The Bertz CT molecular complexity index is 803. The molecule has 0 saturated heterocycles. The Labute approximate surface area is 146 Å². The van der Waals surface area contributed by atoms with Crippen molar-refractivity contribution in [2.24, 2.45) is 5.92 Å². The first kappa shape index (κ1) is 17.0. The Morgan fingerprint density at radius 1 is 1.16 bits per heavy atom. The van der Waals surface area contributed by atoms with Gasteiger partial charge in [0, 0.05) is 36.6 Å². The number of carbonyl (C=O) groups is 1. The molecule has 5 nitrogen and oxygen atoms in total. The lowest BCUT2D eigenvalue weighted by Crippen LogP contribution is -2.31. The lowest BCUT2D eigenvalue weighted by molar-refractivity contribution is 0.0939. The van der Waals surface area contributed by atoms with Crippen LogP contribution in [0, 0.1) is 12.8 Å². The quantitative estimate of drug-likeness (QED) is 0.691. The minimum Gasteiger partial charge on any atom is -0.469 e. The van der Waals surface area contributed by atoms with Gasteiger partial charge in [-0.3, -0.25) is 4.79 Å². The Hall–Kier alpha value is -2.79. The van der Waals surface area contributed by atoms with Gasteiger partial charge in [-0.15, -0.1) is 0 Å². The number of nitrogens with one attached hydrogen (secondary N) is 1. The normalized spacial score (nSPS) is 12.1. The van der Waals surface area contributed by atoms with Crippen molar-refractivity contribution in [1.29, 1.82) is 0 Å². The minimum atomic E-state index is -0.167. The highest BCUT2D eigenvalue weighted by Crippen LogP contribution is 2.22. The molecule has 1 atom stereocenters. The Morgan fingerprint density at radius 3 is 2.56 bits per heavy atom. The molecule has 3 rings (SSSR count). The third-order valence-corrected chi connectivity index (χ3v) is 4.05. The summed E-state index contributed by atoms with van der Waals surface area (Å²) in [5.74, 6) is 2.18. The van der Waals surface area contributed by atoms with Gasteiger partial charge in [-0.05, 0) is 43.3 Å². The van der Waals surface area contributed by atoms with Crippen LogP contribution in [-0.4, -0.2) is 24.2 Å². The van der Waals surface area contributed by atoms with Crippen molar-refractivity contribution >= 4 is 5.91 Å². The topological polar surface area (TPSA) is 75.6 Å². The molecule has 1 amide bonds. The van der Waals surface area contributed by atoms with Gasteiger partial charge in [-0.1, -0.05) is 12.1 Å². The average molecular weight is 339 g/mol. The third-order valence-electron chi connectivity index (χ3n) is 4.05. The summed E-state index contributed by atoms with van der Waals surface area (Å²) in [6.07, 6.45) is 2.19. The van der Waals surface area contributed by atoms with E-state index < -0.39 is 0 Å². The van der Waals surface area contributed by atoms with E-state index in [1.807, 2.05) is 43.3 Å². The van der Waals surface area contributed by atoms with Crippen LogP contribution in [0.5, 0.6) is 0 Å². The van der Waals surface area contributed by atoms with Gasteiger partial charge in [0.15, 0.2) is 0 Å². The molecule has 0 aliphatic rings. The number of rotatable bonds is 7.